The number of ketones is 1. The van der Waals surface area contributed by atoms with Crippen LogP contribution in [0.4, 0.5) is 0 Å². The number of rotatable bonds is 7. The number of nitrogens with zero attached hydrogens (tertiary/aromatic N) is 2. The monoisotopic (exact) mass is 380 g/mol. The highest BCUT2D eigenvalue weighted by molar-refractivity contribution is 6.02. The van der Waals surface area contributed by atoms with E-state index in [-0.39, 0.29) is 18.3 Å². The number of carbonyl (C=O) groups is 3. The zero-order chi connectivity index (χ0) is 19.9. The van der Waals surface area contributed by atoms with Crippen molar-refractivity contribution < 1.29 is 23.9 Å². The van der Waals surface area contributed by atoms with Crippen molar-refractivity contribution in [2.24, 2.45) is 5.10 Å². The van der Waals surface area contributed by atoms with Gasteiger partial charge in [-0.1, -0.05) is 30.3 Å². The topological polar surface area (TPSA) is 85.3 Å². The van der Waals surface area contributed by atoms with Crippen molar-refractivity contribution in [2.75, 3.05) is 19.8 Å². The van der Waals surface area contributed by atoms with E-state index in [0.717, 1.165) is 11.3 Å². The molecule has 0 aliphatic carbocycles. The van der Waals surface area contributed by atoms with Crippen molar-refractivity contribution in [3.8, 4) is 5.75 Å². The molecule has 1 aliphatic heterocycles. The smallest absolute Gasteiger partial charge is 0.344 e. The number of hydrazone groups is 1. The summed E-state index contributed by atoms with van der Waals surface area (Å²) in [5, 5.41) is 5.62. The summed E-state index contributed by atoms with van der Waals surface area (Å²) in [7, 11) is 0. The fraction of sp³-hybridized carbons (Fsp3) is 0.238. The summed E-state index contributed by atoms with van der Waals surface area (Å²) in [5.41, 5.74) is 2.36. The van der Waals surface area contributed by atoms with Crippen LogP contribution in [0.5, 0.6) is 5.75 Å². The van der Waals surface area contributed by atoms with E-state index in [1.54, 1.807) is 24.3 Å². The minimum absolute atomic E-state index is 0.0514. The molecular weight excluding hydrogens is 360 g/mol. The second kappa shape index (κ2) is 8.94. The highest BCUT2D eigenvalue weighted by atomic mass is 16.6. The molecule has 2 aromatic rings. The van der Waals surface area contributed by atoms with Gasteiger partial charge >= 0.3 is 5.97 Å². The van der Waals surface area contributed by atoms with Gasteiger partial charge in [0.15, 0.2) is 19.0 Å². The van der Waals surface area contributed by atoms with Crippen LogP contribution in [0.1, 0.15) is 29.3 Å². The Morgan fingerprint density at radius 3 is 2.39 bits per heavy atom. The highest BCUT2D eigenvalue weighted by Gasteiger charge is 2.22. The van der Waals surface area contributed by atoms with Gasteiger partial charge in [-0.25, -0.2) is 9.80 Å². The largest absolute Gasteiger partial charge is 0.482 e. The SMILES string of the molecule is CC(=O)c1ccc(OCC(=O)OCC(=O)N2CCC(c3ccccc3)=N2)cc1. The fourth-order valence-electron chi connectivity index (χ4n) is 2.66. The zero-order valence-corrected chi connectivity index (χ0v) is 15.5. The highest BCUT2D eigenvalue weighted by Crippen LogP contribution is 2.14. The second-order valence-electron chi connectivity index (χ2n) is 6.21. The Labute approximate surface area is 162 Å². The molecule has 0 aromatic heterocycles. The second-order valence-corrected chi connectivity index (χ2v) is 6.21. The van der Waals surface area contributed by atoms with E-state index >= 15 is 0 Å². The van der Waals surface area contributed by atoms with Crippen LogP contribution in [0.2, 0.25) is 0 Å². The van der Waals surface area contributed by atoms with Crippen LogP contribution in [0, 0.1) is 0 Å². The number of esters is 1. The summed E-state index contributed by atoms with van der Waals surface area (Å²) in [4.78, 5) is 35.2. The Balaban J connectivity index is 1.44. The lowest BCUT2D eigenvalue weighted by Gasteiger charge is -2.12. The third-order valence-electron chi connectivity index (χ3n) is 4.17. The maximum atomic E-state index is 12.2. The molecule has 0 fully saturated rings. The predicted octanol–water partition coefficient (Wildman–Crippen LogP) is 2.45. The van der Waals surface area contributed by atoms with Gasteiger partial charge in [-0.05, 0) is 36.8 Å². The summed E-state index contributed by atoms with van der Waals surface area (Å²) in [6, 6.07) is 16.0. The average Bonchev–Trinajstić information content (AvgIpc) is 3.22. The van der Waals surface area contributed by atoms with Gasteiger partial charge in [0.25, 0.3) is 5.91 Å². The van der Waals surface area contributed by atoms with Gasteiger partial charge in [0.05, 0.1) is 12.3 Å². The number of hydrogen-bond acceptors (Lipinski definition) is 6. The lowest BCUT2D eigenvalue weighted by atomic mass is 10.1. The van der Waals surface area contributed by atoms with Gasteiger partial charge in [0.1, 0.15) is 5.75 Å². The van der Waals surface area contributed by atoms with Crippen LogP contribution in [-0.4, -0.2) is 48.1 Å². The lowest BCUT2D eigenvalue weighted by molar-refractivity contribution is -0.153. The summed E-state index contributed by atoms with van der Waals surface area (Å²) in [6.45, 7) is 1.21. The van der Waals surface area contributed by atoms with E-state index in [9.17, 15) is 14.4 Å². The molecule has 0 saturated carbocycles. The van der Waals surface area contributed by atoms with Gasteiger partial charge < -0.3 is 9.47 Å². The van der Waals surface area contributed by atoms with Crippen molar-refractivity contribution in [2.45, 2.75) is 13.3 Å². The third-order valence-corrected chi connectivity index (χ3v) is 4.17. The Morgan fingerprint density at radius 1 is 1.00 bits per heavy atom. The van der Waals surface area contributed by atoms with E-state index in [4.69, 9.17) is 9.47 Å². The average molecular weight is 380 g/mol. The van der Waals surface area contributed by atoms with Crippen LogP contribution in [-0.2, 0) is 14.3 Å². The molecule has 28 heavy (non-hydrogen) atoms. The number of ether oxygens (including phenoxy) is 2. The molecule has 0 atom stereocenters. The first kappa shape index (κ1) is 19.3. The molecule has 1 amide bonds. The predicted molar refractivity (Wildman–Crippen MR) is 102 cm³/mol. The number of amides is 1. The van der Waals surface area contributed by atoms with Gasteiger partial charge in [0, 0.05) is 12.0 Å². The molecule has 0 spiro atoms. The first-order valence-electron chi connectivity index (χ1n) is 8.85. The van der Waals surface area contributed by atoms with Gasteiger partial charge in [-0.15, -0.1) is 0 Å². The minimum Gasteiger partial charge on any atom is -0.482 e. The summed E-state index contributed by atoms with van der Waals surface area (Å²) in [6.07, 6.45) is 0.656. The number of benzene rings is 2. The molecule has 7 nitrogen and oxygen atoms in total. The standard InChI is InChI=1S/C21H20N2O5/c1-15(24)16-7-9-18(10-8-16)27-14-21(26)28-13-20(25)23-12-11-19(22-23)17-5-3-2-4-6-17/h2-10H,11-14H2,1H3. The molecule has 0 N–H and O–H groups in total. The molecule has 1 heterocycles. The molecule has 0 bridgehead atoms. The number of hydrogen-bond donors (Lipinski definition) is 0. The lowest BCUT2D eigenvalue weighted by Crippen LogP contribution is -2.29. The first-order chi connectivity index (χ1) is 13.5. The number of carbonyl (C=O) groups excluding carboxylic acids is 3. The van der Waals surface area contributed by atoms with E-state index in [1.807, 2.05) is 30.3 Å². The minimum atomic E-state index is -0.657. The van der Waals surface area contributed by atoms with Crippen LogP contribution in [0.15, 0.2) is 59.7 Å². The molecule has 3 rings (SSSR count). The van der Waals surface area contributed by atoms with Crippen LogP contribution < -0.4 is 4.74 Å². The first-order valence-corrected chi connectivity index (χ1v) is 8.85. The van der Waals surface area contributed by atoms with Gasteiger partial charge in [-0.3, -0.25) is 9.59 Å². The molecular formula is C21H20N2O5. The van der Waals surface area contributed by atoms with Crippen LogP contribution in [0.25, 0.3) is 0 Å². The maximum absolute atomic E-state index is 12.2. The fourth-order valence-corrected chi connectivity index (χ4v) is 2.66. The molecule has 144 valence electrons. The summed E-state index contributed by atoms with van der Waals surface area (Å²) >= 11 is 0. The zero-order valence-electron chi connectivity index (χ0n) is 15.5. The Bertz CT molecular complexity index is 891. The third kappa shape index (κ3) is 5.03. The maximum Gasteiger partial charge on any atom is 0.344 e. The van der Waals surface area contributed by atoms with Crippen molar-refractivity contribution in [3.63, 3.8) is 0 Å². The number of Topliss-reactive ketones (excluding diaryl/α,β-unsaturated/α-hetero) is 1. The van der Waals surface area contributed by atoms with Crippen molar-refractivity contribution in [1.82, 2.24) is 5.01 Å². The molecule has 0 radical (unpaired) electrons. The molecule has 0 unspecified atom stereocenters. The Kier molecular flexibility index (Phi) is 6.16. The van der Waals surface area contributed by atoms with Crippen LogP contribution >= 0.6 is 0 Å². The summed E-state index contributed by atoms with van der Waals surface area (Å²) in [5.74, 6) is -0.657. The molecule has 1 aliphatic rings. The van der Waals surface area contributed by atoms with E-state index in [2.05, 4.69) is 5.10 Å². The molecule has 2 aromatic carbocycles. The normalized spacial score (nSPS) is 13.0. The van der Waals surface area contributed by atoms with Crippen molar-refractivity contribution >= 4 is 23.4 Å². The van der Waals surface area contributed by atoms with E-state index in [0.29, 0.717) is 24.3 Å². The van der Waals surface area contributed by atoms with E-state index < -0.39 is 12.6 Å². The molecule has 0 saturated heterocycles. The Hall–Kier alpha value is -3.48. The van der Waals surface area contributed by atoms with Crippen molar-refractivity contribution in [1.29, 1.82) is 0 Å². The van der Waals surface area contributed by atoms with Gasteiger partial charge in [0.2, 0.25) is 0 Å². The summed E-state index contributed by atoms with van der Waals surface area (Å²) < 4.78 is 10.3. The molecule has 7 heteroatoms. The van der Waals surface area contributed by atoms with Crippen molar-refractivity contribution in [3.05, 3.63) is 65.7 Å². The quantitative estimate of drug-likeness (QED) is 0.544. The van der Waals surface area contributed by atoms with Gasteiger partial charge in [-0.2, -0.15) is 5.10 Å². The Morgan fingerprint density at radius 2 is 1.71 bits per heavy atom. The van der Waals surface area contributed by atoms with E-state index in [1.165, 1.54) is 11.9 Å². The van der Waals surface area contributed by atoms with Crippen LogP contribution in [0.3, 0.4) is 0 Å².